The van der Waals surface area contributed by atoms with Crippen molar-refractivity contribution in [2.24, 2.45) is 0 Å². The summed E-state index contributed by atoms with van der Waals surface area (Å²) in [6, 6.07) is 10.8. The molecule has 0 spiro atoms. The Morgan fingerprint density at radius 3 is 2.07 bits per heavy atom. The number of aromatic hydroxyl groups is 1. The number of phenolic OH excluding ortho intramolecular Hbond substituents is 1. The number of carbonyl (C=O) groups excluding carboxylic acids is 2. The summed E-state index contributed by atoms with van der Waals surface area (Å²) in [5, 5.41) is 13.9. The molecule has 0 bridgehead atoms. The molecule has 0 unspecified atom stereocenters. The average molecular weight is 637 g/mol. The number of amides is 1. The summed E-state index contributed by atoms with van der Waals surface area (Å²) >= 11 is 6.30. The number of rotatable bonds is 17. The van der Waals surface area contributed by atoms with Crippen molar-refractivity contribution in [3.63, 3.8) is 0 Å². The monoisotopic (exact) mass is 636 g/mol. The lowest BCUT2D eigenvalue weighted by Crippen LogP contribution is -2.32. The van der Waals surface area contributed by atoms with E-state index in [1.807, 2.05) is 0 Å². The summed E-state index contributed by atoms with van der Waals surface area (Å²) in [6.07, 6.45) is 10.9. The zero-order chi connectivity index (χ0) is 30.8. The van der Waals surface area contributed by atoms with Crippen molar-refractivity contribution >= 4 is 60.3 Å². The highest BCUT2D eigenvalue weighted by atomic mass is 35.5. The zero-order valence-electron chi connectivity index (χ0n) is 23.6. The molecule has 1 amide bonds. The molecule has 0 saturated heterocycles. The summed E-state index contributed by atoms with van der Waals surface area (Å²) in [5.41, 5.74) is 0.312. The minimum atomic E-state index is -4.36. The third kappa shape index (κ3) is 9.26. The molecule has 0 aliphatic heterocycles. The molecule has 0 radical (unpaired) electrons. The van der Waals surface area contributed by atoms with E-state index in [1.165, 1.54) is 62.4 Å². The smallest absolute Gasteiger partial charge is 0.259 e. The topological polar surface area (TPSA) is 147 Å². The van der Waals surface area contributed by atoms with Crippen molar-refractivity contribution in [3.8, 4) is 5.75 Å². The minimum absolute atomic E-state index is 0.0992. The molecule has 3 N–H and O–H groups in total. The average Bonchev–Trinajstić information content (AvgIpc) is 2.95. The van der Waals surface area contributed by atoms with Crippen LogP contribution in [0.15, 0.2) is 53.4 Å². The molecular formula is C30H37ClN2O7S2. The van der Waals surface area contributed by atoms with Crippen molar-refractivity contribution in [1.29, 1.82) is 0 Å². The number of unbranched alkanes of at least 4 members (excludes halogenated alkanes) is 9. The number of hydrogen-bond donors (Lipinski definition) is 3. The maximum atomic E-state index is 12.9. The van der Waals surface area contributed by atoms with Crippen LogP contribution in [0.25, 0.3) is 10.8 Å². The van der Waals surface area contributed by atoms with Crippen molar-refractivity contribution in [2.75, 3.05) is 11.1 Å². The van der Waals surface area contributed by atoms with Gasteiger partial charge in [-0.05, 0) is 36.8 Å². The van der Waals surface area contributed by atoms with Crippen LogP contribution in [0, 0.1) is 0 Å². The van der Waals surface area contributed by atoms with Gasteiger partial charge in [-0.25, -0.2) is 16.8 Å². The van der Waals surface area contributed by atoms with Gasteiger partial charge in [0.1, 0.15) is 5.75 Å². The molecule has 0 heterocycles. The fraction of sp³-hybridized carbons (Fsp3) is 0.400. The molecule has 0 saturated carbocycles. The second-order valence-electron chi connectivity index (χ2n) is 10.2. The minimum Gasteiger partial charge on any atom is -0.506 e. The number of benzene rings is 3. The van der Waals surface area contributed by atoms with E-state index in [9.17, 15) is 31.5 Å². The number of fused-ring (bicyclic) bond motifs is 1. The van der Waals surface area contributed by atoms with E-state index in [2.05, 4.69) is 12.2 Å². The maximum absolute atomic E-state index is 12.9. The SMILES string of the molecule is CCCCCCCCCCCCS(=O)(=O)NS(=O)(=O)c1ccc(NC(=O)c2cc(Cl)c3c(C=O)cccc3c2O)cc1. The van der Waals surface area contributed by atoms with Crippen LogP contribution in [0.1, 0.15) is 91.8 Å². The van der Waals surface area contributed by atoms with Gasteiger partial charge in [-0.1, -0.05) is 94.5 Å². The number of aldehydes is 1. The molecule has 0 aliphatic carbocycles. The maximum Gasteiger partial charge on any atom is 0.259 e. The van der Waals surface area contributed by atoms with E-state index < -0.39 is 26.0 Å². The van der Waals surface area contributed by atoms with Gasteiger partial charge in [0, 0.05) is 22.0 Å². The van der Waals surface area contributed by atoms with Crippen LogP contribution >= 0.6 is 11.6 Å². The van der Waals surface area contributed by atoms with Crippen LogP contribution in [0.3, 0.4) is 0 Å². The van der Waals surface area contributed by atoms with E-state index in [0.717, 1.165) is 31.4 Å². The molecule has 3 aromatic carbocycles. The second kappa shape index (κ2) is 15.5. The van der Waals surface area contributed by atoms with Gasteiger partial charge in [0.2, 0.25) is 10.0 Å². The van der Waals surface area contributed by atoms with Gasteiger partial charge >= 0.3 is 0 Å². The van der Waals surface area contributed by atoms with Crippen molar-refractivity contribution < 1.29 is 31.5 Å². The Labute approximate surface area is 252 Å². The van der Waals surface area contributed by atoms with E-state index in [4.69, 9.17) is 11.6 Å². The number of carbonyl (C=O) groups is 2. The molecule has 0 aromatic heterocycles. The van der Waals surface area contributed by atoms with Gasteiger partial charge in [-0.3, -0.25) is 9.59 Å². The standard InChI is InChI=1S/C30H37ClN2O7S2/c1-2-3-4-5-6-7-8-9-10-11-19-41(37,38)33-42(39,40)24-17-15-23(16-18-24)32-30(36)26-20-27(31)28-22(21-34)13-12-14-25(28)29(26)35/h12-18,20-21,33,35H,2-11,19H2,1H3,(H,32,36). The predicted octanol–water partition coefficient (Wildman–Crippen LogP) is 6.79. The third-order valence-corrected chi connectivity index (χ3v) is 10.8. The Balaban J connectivity index is 1.55. The Morgan fingerprint density at radius 2 is 1.48 bits per heavy atom. The first-order valence-corrected chi connectivity index (χ1v) is 17.6. The molecule has 228 valence electrons. The van der Waals surface area contributed by atoms with Gasteiger partial charge < -0.3 is 10.4 Å². The van der Waals surface area contributed by atoms with Crippen LogP contribution < -0.4 is 9.44 Å². The lowest BCUT2D eigenvalue weighted by atomic mass is 10.0. The number of sulfonamides is 2. The number of anilines is 1. The lowest BCUT2D eigenvalue weighted by Gasteiger charge is -2.12. The number of nitrogens with one attached hydrogen (secondary N) is 2. The summed E-state index contributed by atoms with van der Waals surface area (Å²) in [6.45, 7) is 2.18. The van der Waals surface area contributed by atoms with Crippen molar-refractivity contribution in [2.45, 2.75) is 76.0 Å². The molecule has 0 atom stereocenters. The Bertz CT molecular complexity index is 1610. The first kappa shape index (κ1) is 33.5. The third-order valence-electron chi connectivity index (χ3n) is 6.91. The number of hydrogen-bond acceptors (Lipinski definition) is 7. The fourth-order valence-corrected chi connectivity index (χ4v) is 8.12. The first-order valence-electron chi connectivity index (χ1n) is 14.1. The quantitative estimate of drug-likeness (QED) is 0.109. The van der Waals surface area contributed by atoms with Gasteiger partial charge in [-0.2, -0.15) is 0 Å². The van der Waals surface area contributed by atoms with Gasteiger partial charge in [-0.15, -0.1) is 4.13 Å². The van der Waals surface area contributed by atoms with Crippen LogP contribution in [-0.4, -0.2) is 39.9 Å². The number of halogens is 1. The van der Waals surface area contributed by atoms with Gasteiger partial charge in [0.05, 0.1) is 21.2 Å². The van der Waals surface area contributed by atoms with Crippen LogP contribution in [0.2, 0.25) is 5.02 Å². The predicted molar refractivity (Wildman–Crippen MR) is 166 cm³/mol. The highest BCUT2D eigenvalue weighted by molar-refractivity contribution is 8.04. The molecule has 9 nitrogen and oxygen atoms in total. The molecule has 3 rings (SSSR count). The van der Waals surface area contributed by atoms with E-state index >= 15 is 0 Å². The van der Waals surface area contributed by atoms with E-state index in [0.29, 0.717) is 24.5 Å². The fourth-order valence-electron chi connectivity index (χ4n) is 4.67. The van der Waals surface area contributed by atoms with Crippen LogP contribution in [0.4, 0.5) is 5.69 Å². The van der Waals surface area contributed by atoms with E-state index in [1.54, 1.807) is 10.2 Å². The molecular weight excluding hydrogens is 600 g/mol. The second-order valence-corrected chi connectivity index (χ2v) is 14.4. The van der Waals surface area contributed by atoms with Gasteiger partial charge in [0.25, 0.3) is 15.9 Å². The summed E-state index contributed by atoms with van der Waals surface area (Å²) in [4.78, 5) is 23.9. The molecule has 3 aromatic rings. The largest absolute Gasteiger partial charge is 0.506 e. The molecule has 42 heavy (non-hydrogen) atoms. The van der Waals surface area contributed by atoms with Crippen molar-refractivity contribution in [3.05, 3.63) is 64.7 Å². The summed E-state index contributed by atoms with van der Waals surface area (Å²) in [7, 11) is -8.42. The Morgan fingerprint density at radius 1 is 0.881 bits per heavy atom. The molecule has 0 fully saturated rings. The Kier molecular flexibility index (Phi) is 12.3. The van der Waals surface area contributed by atoms with E-state index in [-0.39, 0.29) is 43.6 Å². The summed E-state index contributed by atoms with van der Waals surface area (Å²) in [5.74, 6) is -1.38. The Hall–Kier alpha value is -2.99. The number of phenols is 1. The normalized spacial score (nSPS) is 12.0. The highest BCUT2D eigenvalue weighted by Crippen LogP contribution is 2.36. The zero-order valence-corrected chi connectivity index (χ0v) is 26.0. The first-order chi connectivity index (χ1) is 20.0. The van der Waals surface area contributed by atoms with Crippen molar-refractivity contribution in [1.82, 2.24) is 4.13 Å². The summed E-state index contributed by atoms with van der Waals surface area (Å²) < 4.78 is 52.0. The van der Waals surface area contributed by atoms with Gasteiger partial charge in [0.15, 0.2) is 6.29 Å². The molecule has 12 heteroatoms. The molecule has 0 aliphatic rings. The van der Waals surface area contributed by atoms with Crippen LogP contribution in [0.5, 0.6) is 5.75 Å². The highest BCUT2D eigenvalue weighted by Gasteiger charge is 2.23. The lowest BCUT2D eigenvalue weighted by molar-refractivity contribution is 0.102. The van der Waals surface area contributed by atoms with Crippen LogP contribution in [-0.2, 0) is 20.0 Å².